The van der Waals surface area contributed by atoms with Crippen molar-refractivity contribution in [2.24, 2.45) is 11.8 Å². The molecule has 1 amide bonds. The molecule has 0 spiro atoms. The van der Waals surface area contributed by atoms with E-state index in [1.807, 2.05) is 17.0 Å². The Morgan fingerprint density at radius 3 is 2.91 bits per heavy atom. The number of hydrogen-bond donors (Lipinski definition) is 0. The molecule has 6 heteroatoms. The van der Waals surface area contributed by atoms with E-state index in [1.165, 1.54) is 6.33 Å². The molecular formula is C16H18N4O2. The number of rotatable bonds is 3. The average molecular weight is 298 g/mol. The lowest BCUT2D eigenvalue weighted by Crippen LogP contribution is -2.45. The van der Waals surface area contributed by atoms with E-state index < -0.39 is 0 Å². The Kier molecular flexibility index (Phi) is 3.38. The van der Waals surface area contributed by atoms with Crippen LogP contribution in [-0.4, -0.2) is 40.4 Å². The number of likely N-dealkylation sites (tertiary alicyclic amines) is 1. The summed E-state index contributed by atoms with van der Waals surface area (Å²) in [6.45, 7) is 3.30. The number of nitrogens with zero attached hydrogens (tertiary/aromatic N) is 4. The summed E-state index contributed by atoms with van der Waals surface area (Å²) >= 11 is 0. The van der Waals surface area contributed by atoms with Crippen molar-refractivity contribution in [1.29, 1.82) is 0 Å². The van der Waals surface area contributed by atoms with Crippen LogP contribution >= 0.6 is 0 Å². The second-order valence-corrected chi connectivity index (χ2v) is 6.02. The van der Waals surface area contributed by atoms with Crippen LogP contribution in [0.2, 0.25) is 0 Å². The van der Waals surface area contributed by atoms with E-state index in [9.17, 15) is 4.79 Å². The Bertz CT molecular complexity index is 643. The number of amides is 1. The molecule has 0 aromatic carbocycles. The summed E-state index contributed by atoms with van der Waals surface area (Å²) in [6.07, 6.45) is 7.63. The third-order valence-corrected chi connectivity index (χ3v) is 4.64. The van der Waals surface area contributed by atoms with Gasteiger partial charge in [0.05, 0.1) is 36.8 Å². The molecule has 0 N–H and O–H groups in total. The summed E-state index contributed by atoms with van der Waals surface area (Å²) < 4.78 is 5.41. The van der Waals surface area contributed by atoms with E-state index in [0.29, 0.717) is 5.92 Å². The number of piperidine rings is 1. The maximum Gasteiger partial charge on any atom is 0.231 e. The summed E-state index contributed by atoms with van der Waals surface area (Å²) in [5.74, 6) is 1.68. The molecule has 6 nitrogen and oxygen atoms in total. The normalized spacial score (nSPS) is 25.5. The summed E-state index contributed by atoms with van der Waals surface area (Å²) in [5, 5.41) is 0. The second kappa shape index (κ2) is 5.53. The third kappa shape index (κ3) is 2.39. The quantitative estimate of drug-likeness (QED) is 0.860. The molecular weight excluding hydrogens is 280 g/mol. The molecule has 2 saturated heterocycles. The van der Waals surface area contributed by atoms with Crippen molar-refractivity contribution in [1.82, 2.24) is 14.9 Å². The molecule has 0 radical (unpaired) electrons. The van der Waals surface area contributed by atoms with Gasteiger partial charge in [-0.05, 0) is 24.5 Å². The van der Waals surface area contributed by atoms with Crippen LogP contribution < -0.4 is 4.90 Å². The van der Waals surface area contributed by atoms with Crippen LogP contribution in [0, 0.1) is 11.8 Å². The largest absolute Gasteiger partial charge is 0.468 e. The van der Waals surface area contributed by atoms with Crippen LogP contribution in [0.1, 0.15) is 12.2 Å². The molecule has 2 aliphatic heterocycles. The predicted octanol–water partition coefficient (Wildman–Crippen LogP) is 1.55. The molecule has 0 aliphatic carbocycles. The van der Waals surface area contributed by atoms with Gasteiger partial charge in [0.15, 0.2) is 0 Å². The highest BCUT2D eigenvalue weighted by atomic mass is 16.3. The lowest BCUT2D eigenvalue weighted by molar-refractivity contribution is -0.124. The van der Waals surface area contributed by atoms with Gasteiger partial charge in [0.1, 0.15) is 12.1 Å². The zero-order chi connectivity index (χ0) is 14.9. The van der Waals surface area contributed by atoms with Gasteiger partial charge in [-0.1, -0.05) is 0 Å². The Hall–Kier alpha value is -2.21. The fourth-order valence-electron chi connectivity index (χ4n) is 3.58. The van der Waals surface area contributed by atoms with Crippen molar-refractivity contribution in [2.45, 2.75) is 13.0 Å². The molecule has 2 aromatic rings. The van der Waals surface area contributed by atoms with Crippen molar-refractivity contribution in [3.05, 3.63) is 42.9 Å². The van der Waals surface area contributed by atoms with Crippen LogP contribution in [0.25, 0.3) is 0 Å². The van der Waals surface area contributed by atoms with Crippen LogP contribution in [0.3, 0.4) is 0 Å². The highest BCUT2D eigenvalue weighted by Gasteiger charge is 2.43. The lowest BCUT2D eigenvalue weighted by Gasteiger charge is -2.33. The number of carbonyl (C=O) groups is 1. The molecule has 2 fully saturated rings. The lowest BCUT2D eigenvalue weighted by atomic mass is 9.88. The van der Waals surface area contributed by atoms with E-state index in [4.69, 9.17) is 4.42 Å². The fourth-order valence-corrected chi connectivity index (χ4v) is 3.58. The molecule has 2 atom stereocenters. The van der Waals surface area contributed by atoms with Crippen LogP contribution in [-0.2, 0) is 11.3 Å². The minimum atomic E-state index is 0.0731. The SMILES string of the molecule is O=C1C2CN(Cc3ccco3)CC2CCN1c1cncnc1. The van der Waals surface area contributed by atoms with E-state index in [-0.39, 0.29) is 11.8 Å². The molecule has 0 saturated carbocycles. The number of anilines is 1. The van der Waals surface area contributed by atoms with Gasteiger partial charge < -0.3 is 9.32 Å². The summed E-state index contributed by atoms with van der Waals surface area (Å²) in [7, 11) is 0. The number of aromatic nitrogens is 2. The highest BCUT2D eigenvalue weighted by Crippen LogP contribution is 2.34. The Morgan fingerprint density at radius 2 is 2.14 bits per heavy atom. The van der Waals surface area contributed by atoms with Crippen LogP contribution in [0.4, 0.5) is 5.69 Å². The van der Waals surface area contributed by atoms with Gasteiger partial charge in [-0.2, -0.15) is 0 Å². The molecule has 22 heavy (non-hydrogen) atoms. The van der Waals surface area contributed by atoms with Gasteiger partial charge >= 0.3 is 0 Å². The highest BCUT2D eigenvalue weighted by molar-refractivity contribution is 5.96. The van der Waals surface area contributed by atoms with Crippen molar-refractivity contribution in [2.75, 3.05) is 24.5 Å². The van der Waals surface area contributed by atoms with Gasteiger partial charge in [-0.15, -0.1) is 0 Å². The molecule has 4 heterocycles. The second-order valence-electron chi connectivity index (χ2n) is 6.02. The number of hydrogen-bond acceptors (Lipinski definition) is 5. The Labute approximate surface area is 128 Å². The number of furan rings is 1. The smallest absolute Gasteiger partial charge is 0.231 e. The first-order chi connectivity index (χ1) is 10.8. The van der Waals surface area contributed by atoms with E-state index >= 15 is 0 Å². The third-order valence-electron chi connectivity index (χ3n) is 4.64. The molecule has 2 unspecified atom stereocenters. The van der Waals surface area contributed by atoms with Crippen molar-refractivity contribution in [3.63, 3.8) is 0 Å². The molecule has 2 aromatic heterocycles. The maximum atomic E-state index is 12.8. The Morgan fingerprint density at radius 1 is 1.27 bits per heavy atom. The minimum absolute atomic E-state index is 0.0731. The zero-order valence-corrected chi connectivity index (χ0v) is 12.3. The van der Waals surface area contributed by atoms with Crippen molar-refractivity contribution < 1.29 is 9.21 Å². The first kappa shape index (κ1) is 13.5. The number of carbonyl (C=O) groups excluding carboxylic acids is 1. The fraction of sp³-hybridized carbons (Fsp3) is 0.438. The summed E-state index contributed by atoms with van der Waals surface area (Å²) in [5.41, 5.74) is 0.801. The minimum Gasteiger partial charge on any atom is -0.468 e. The maximum absolute atomic E-state index is 12.8. The monoisotopic (exact) mass is 298 g/mol. The Balaban J connectivity index is 1.47. The number of fused-ring (bicyclic) bond motifs is 1. The topological polar surface area (TPSA) is 62.5 Å². The first-order valence-corrected chi connectivity index (χ1v) is 7.62. The molecule has 2 aliphatic rings. The first-order valence-electron chi connectivity index (χ1n) is 7.62. The van der Waals surface area contributed by atoms with E-state index in [1.54, 1.807) is 18.7 Å². The van der Waals surface area contributed by atoms with Gasteiger partial charge in [0.25, 0.3) is 0 Å². The van der Waals surface area contributed by atoms with Gasteiger partial charge in [-0.25, -0.2) is 9.97 Å². The van der Waals surface area contributed by atoms with E-state index in [0.717, 1.165) is 44.0 Å². The van der Waals surface area contributed by atoms with Crippen molar-refractivity contribution >= 4 is 11.6 Å². The van der Waals surface area contributed by atoms with Crippen molar-refractivity contribution in [3.8, 4) is 0 Å². The zero-order valence-electron chi connectivity index (χ0n) is 12.3. The summed E-state index contributed by atoms with van der Waals surface area (Å²) in [6, 6.07) is 3.89. The van der Waals surface area contributed by atoms with E-state index in [2.05, 4.69) is 14.9 Å². The van der Waals surface area contributed by atoms with Crippen LogP contribution in [0.5, 0.6) is 0 Å². The average Bonchev–Trinajstić information content (AvgIpc) is 3.19. The van der Waals surface area contributed by atoms with Crippen LogP contribution in [0.15, 0.2) is 41.5 Å². The summed E-state index contributed by atoms with van der Waals surface area (Å²) in [4.78, 5) is 25.0. The molecule has 0 bridgehead atoms. The van der Waals surface area contributed by atoms with Gasteiger partial charge in [0.2, 0.25) is 5.91 Å². The standard InChI is InChI=1S/C16H18N4O2/c21-16-15-10-19(9-14-2-1-5-22-14)8-12(15)3-4-20(16)13-6-17-11-18-7-13/h1-2,5-7,11-12,15H,3-4,8-10H2. The van der Waals surface area contributed by atoms with Gasteiger partial charge in [0, 0.05) is 19.6 Å². The molecule has 4 rings (SSSR count). The molecule has 114 valence electrons. The van der Waals surface area contributed by atoms with Gasteiger partial charge in [-0.3, -0.25) is 9.69 Å². The predicted molar refractivity (Wildman–Crippen MR) is 80.0 cm³/mol.